The maximum absolute atomic E-state index is 13.0. The quantitative estimate of drug-likeness (QED) is 0.501. The van der Waals surface area contributed by atoms with Crippen LogP contribution >= 0.6 is 11.6 Å². The average molecular weight is 494 g/mol. The van der Waals surface area contributed by atoms with Crippen molar-refractivity contribution in [1.82, 2.24) is 0 Å². The molecule has 3 aromatic rings. The van der Waals surface area contributed by atoms with E-state index in [1.165, 1.54) is 14.2 Å². The van der Waals surface area contributed by atoms with Crippen molar-refractivity contribution in [1.29, 1.82) is 0 Å². The van der Waals surface area contributed by atoms with Gasteiger partial charge in [0.1, 0.15) is 11.5 Å². The van der Waals surface area contributed by atoms with Crippen LogP contribution in [0.4, 0.5) is 17.1 Å². The predicted octanol–water partition coefficient (Wildman–Crippen LogP) is 4.60. The first kappa shape index (κ1) is 24.1. The molecule has 35 heavy (non-hydrogen) atoms. The summed E-state index contributed by atoms with van der Waals surface area (Å²) in [5.74, 6) is -0.685. The number of hydrogen-bond donors (Lipinski definition) is 2. The number of anilines is 3. The third kappa shape index (κ3) is 5.38. The summed E-state index contributed by atoms with van der Waals surface area (Å²) in [6, 6.07) is 18.9. The number of amides is 3. The molecule has 3 amide bonds. The average Bonchev–Trinajstić information content (AvgIpc) is 3.26. The number of nitrogens with one attached hydrogen (secondary N) is 2. The van der Waals surface area contributed by atoms with E-state index in [0.717, 1.165) is 0 Å². The number of rotatable bonds is 7. The Labute approximate surface area is 207 Å². The minimum absolute atomic E-state index is 0.0724. The highest BCUT2D eigenvalue weighted by Crippen LogP contribution is 2.37. The Morgan fingerprint density at radius 1 is 0.914 bits per heavy atom. The molecule has 9 heteroatoms. The molecule has 0 radical (unpaired) electrons. The van der Waals surface area contributed by atoms with Crippen LogP contribution in [0, 0.1) is 5.92 Å². The molecule has 2 N–H and O–H groups in total. The van der Waals surface area contributed by atoms with E-state index < -0.39 is 5.92 Å². The summed E-state index contributed by atoms with van der Waals surface area (Å²) in [5.41, 5.74) is 1.89. The first-order valence-corrected chi connectivity index (χ1v) is 11.3. The van der Waals surface area contributed by atoms with Gasteiger partial charge in [-0.25, -0.2) is 0 Å². The molecule has 1 saturated heterocycles. The van der Waals surface area contributed by atoms with Gasteiger partial charge < -0.3 is 25.0 Å². The normalized spacial score (nSPS) is 15.0. The Bertz CT molecular complexity index is 1270. The fourth-order valence-corrected chi connectivity index (χ4v) is 4.07. The Morgan fingerprint density at radius 2 is 1.57 bits per heavy atom. The van der Waals surface area contributed by atoms with Crippen molar-refractivity contribution in [2.75, 3.05) is 36.3 Å². The molecule has 180 valence electrons. The lowest BCUT2D eigenvalue weighted by Crippen LogP contribution is -2.28. The molecular formula is C26H24ClN3O5. The van der Waals surface area contributed by atoms with E-state index in [-0.39, 0.29) is 30.7 Å². The highest BCUT2D eigenvalue weighted by Gasteiger charge is 2.35. The molecule has 0 aliphatic carbocycles. The van der Waals surface area contributed by atoms with Gasteiger partial charge in [0, 0.05) is 41.4 Å². The summed E-state index contributed by atoms with van der Waals surface area (Å²) in [4.78, 5) is 39.7. The van der Waals surface area contributed by atoms with Crippen molar-refractivity contribution in [3.63, 3.8) is 0 Å². The minimum Gasteiger partial charge on any atom is -0.494 e. The van der Waals surface area contributed by atoms with Gasteiger partial charge in [-0.1, -0.05) is 35.9 Å². The van der Waals surface area contributed by atoms with E-state index in [9.17, 15) is 14.4 Å². The monoisotopic (exact) mass is 493 g/mol. The van der Waals surface area contributed by atoms with E-state index in [0.29, 0.717) is 39.1 Å². The number of hydrogen-bond acceptors (Lipinski definition) is 5. The summed E-state index contributed by atoms with van der Waals surface area (Å²) in [7, 11) is 2.92. The maximum Gasteiger partial charge on any atom is 0.255 e. The Balaban J connectivity index is 1.51. The number of benzene rings is 3. The Kier molecular flexibility index (Phi) is 7.22. The van der Waals surface area contributed by atoms with E-state index in [4.69, 9.17) is 21.1 Å². The standard InChI is InChI=1S/C26H24ClN3O5/c1-34-22-14-21(23(35-2)13-20(22)28-25(32)16-7-4-3-5-8-16)29-26(33)17-11-24(31)30(15-17)19-10-6-9-18(27)12-19/h3-10,12-14,17H,11,15H2,1-2H3,(H,28,32)(H,29,33). The molecule has 1 heterocycles. The lowest BCUT2D eigenvalue weighted by molar-refractivity contribution is -0.122. The molecule has 1 aliphatic rings. The maximum atomic E-state index is 13.0. The van der Waals surface area contributed by atoms with Crippen LogP contribution in [0.25, 0.3) is 0 Å². The zero-order valence-corrected chi connectivity index (χ0v) is 20.0. The van der Waals surface area contributed by atoms with Crippen LogP contribution in [0.5, 0.6) is 11.5 Å². The molecule has 0 saturated carbocycles. The first-order chi connectivity index (χ1) is 16.9. The number of carbonyl (C=O) groups excluding carboxylic acids is 3. The van der Waals surface area contributed by atoms with Gasteiger partial charge in [-0.05, 0) is 30.3 Å². The summed E-state index contributed by atoms with van der Waals surface area (Å²) in [6.45, 7) is 0.232. The van der Waals surface area contributed by atoms with Crippen LogP contribution in [0.15, 0.2) is 66.7 Å². The number of halogens is 1. The third-order valence-corrected chi connectivity index (χ3v) is 5.91. The van der Waals surface area contributed by atoms with E-state index in [1.54, 1.807) is 65.6 Å². The molecule has 0 spiro atoms. The number of methoxy groups -OCH3 is 2. The molecule has 1 fully saturated rings. The lowest BCUT2D eigenvalue weighted by atomic mass is 10.1. The second-order valence-corrected chi connectivity index (χ2v) is 8.38. The SMILES string of the molecule is COc1cc(NC(=O)C2CC(=O)N(c3cccc(Cl)c3)C2)c(OC)cc1NC(=O)c1ccccc1. The van der Waals surface area contributed by atoms with Gasteiger partial charge >= 0.3 is 0 Å². The van der Waals surface area contributed by atoms with Crippen molar-refractivity contribution in [2.24, 2.45) is 5.92 Å². The van der Waals surface area contributed by atoms with Gasteiger partial charge in [-0.15, -0.1) is 0 Å². The molecular weight excluding hydrogens is 470 g/mol. The second-order valence-electron chi connectivity index (χ2n) is 7.95. The van der Waals surface area contributed by atoms with Gasteiger partial charge in [0.05, 0.1) is 31.5 Å². The second kappa shape index (κ2) is 10.5. The van der Waals surface area contributed by atoms with Crippen LogP contribution in [0.2, 0.25) is 5.02 Å². The summed E-state index contributed by atoms with van der Waals surface area (Å²) in [6.07, 6.45) is 0.0724. The zero-order chi connectivity index (χ0) is 24.9. The largest absolute Gasteiger partial charge is 0.494 e. The smallest absolute Gasteiger partial charge is 0.255 e. The van der Waals surface area contributed by atoms with Gasteiger partial charge in [-0.3, -0.25) is 14.4 Å². The first-order valence-electron chi connectivity index (χ1n) is 10.9. The number of nitrogens with zero attached hydrogens (tertiary/aromatic N) is 1. The Hall–Kier alpha value is -4.04. The summed E-state index contributed by atoms with van der Waals surface area (Å²) in [5, 5.41) is 6.15. The van der Waals surface area contributed by atoms with E-state index in [2.05, 4.69) is 10.6 Å². The van der Waals surface area contributed by atoms with Crippen molar-refractivity contribution in [3.8, 4) is 11.5 Å². The summed E-state index contributed by atoms with van der Waals surface area (Å²) >= 11 is 6.05. The highest BCUT2D eigenvalue weighted by molar-refractivity contribution is 6.31. The van der Waals surface area contributed by atoms with E-state index >= 15 is 0 Å². The van der Waals surface area contributed by atoms with Crippen molar-refractivity contribution >= 4 is 46.4 Å². The molecule has 3 aromatic carbocycles. The molecule has 1 unspecified atom stereocenters. The molecule has 1 atom stereocenters. The van der Waals surface area contributed by atoms with E-state index in [1.807, 2.05) is 6.07 Å². The van der Waals surface area contributed by atoms with Crippen LogP contribution in [-0.4, -0.2) is 38.5 Å². The van der Waals surface area contributed by atoms with Crippen LogP contribution in [0.1, 0.15) is 16.8 Å². The molecule has 0 aromatic heterocycles. The fraction of sp³-hybridized carbons (Fsp3) is 0.192. The zero-order valence-electron chi connectivity index (χ0n) is 19.2. The highest BCUT2D eigenvalue weighted by atomic mass is 35.5. The third-order valence-electron chi connectivity index (χ3n) is 5.68. The predicted molar refractivity (Wildman–Crippen MR) is 134 cm³/mol. The van der Waals surface area contributed by atoms with Crippen LogP contribution in [0.3, 0.4) is 0 Å². The topological polar surface area (TPSA) is 97.0 Å². The van der Waals surface area contributed by atoms with Gasteiger partial charge in [0.25, 0.3) is 5.91 Å². The minimum atomic E-state index is -0.561. The Morgan fingerprint density at radius 3 is 2.20 bits per heavy atom. The molecule has 0 bridgehead atoms. The molecule has 4 rings (SSSR count). The van der Waals surface area contributed by atoms with Gasteiger partial charge in [0.2, 0.25) is 11.8 Å². The summed E-state index contributed by atoms with van der Waals surface area (Å²) < 4.78 is 10.9. The number of carbonyl (C=O) groups is 3. The fourth-order valence-electron chi connectivity index (χ4n) is 3.89. The molecule has 1 aliphatic heterocycles. The van der Waals surface area contributed by atoms with Gasteiger partial charge in [0.15, 0.2) is 0 Å². The van der Waals surface area contributed by atoms with Crippen molar-refractivity contribution in [3.05, 3.63) is 77.3 Å². The molecule has 8 nitrogen and oxygen atoms in total. The van der Waals surface area contributed by atoms with Crippen LogP contribution < -0.4 is 25.0 Å². The van der Waals surface area contributed by atoms with Gasteiger partial charge in [-0.2, -0.15) is 0 Å². The number of ether oxygens (including phenoxy) is 2. The van der Waals surface area contributed by atoms with Crippen LogP contribution in [-0.2, 0) is 9.59 Å². The van der Waals surface area contributed by atoms with Crippen molar-refractivity contribution in [2.45, 2.75) is 6.42 Å². The lowest BCUT2D eigenvalue weighted by Gasteiger charge is -2.18. The van der Waals surface area contributed by atoms with Crippen molar-refractivity contribution < 1.29 is 23.9 Å².